The van der Waals surface area contributed by atoms with Crippen molar-refractivity contribution in [2.45, 2.75) is 12.8 Å². The van der Waals surface area contributed by atoms with E-state index in [-0.39, 0.29) is 17.6 Å². The smallest absolute Gasteiger partial charge is 0.205 e. The lowest BCUT2D eigenvalue weighted by Crippen LogP contribution is -2.36. The molecule has 0 aliphatic carbocycles. The Hall–Kier alpha value is -3.34. The molecule has 1 unspecified atom stereocenters. The molecule has 2 aromatic carbocycles. The van der Waals surface area contributed by atoms with Gasteiger partial charge in [-0.25, -0.2) is 19.3 Å². The summed E-state index contributed by atoms with van der Waals surface area (Å²) in [6.45, 7) is 5.08. The second-order valence-corrected chi connectivity index (χ2v) is 8.60. The molecule has 4 aromatic rings. The first-order valence-corrected chi connectivity index (χ1v) is 11.3. The third kappa shape index (κ3) is 3.83. The number of thiazole rings is 1. The number of hydrogen-bond acceptors (Lipinski definition) is 6. The zero-order chi connectivity index (χ0) is 22.1. The largest absolute Gasteiger partial charge is 0.378 e. The molecule has 1 atom stereocenters. The third-order valence-corrected chi connectivity index (χ3v) is 6.71. The Balaban J connectivity index is 1.63. The molecule has 0 N–H and O–H groups in total. The van der Waals surface area contributed by atoms with Crippen LogP contribution in [0, 0.1) is 18.2 Å². The first-order chi connectivity index (χ1) is 15.6. The van der Waals surface area contributed by atoms with Crippen LogP contribution in [-0.4, -0.2) is 41.3 Å². The molecule has 1 aliphatic heterocycles. The van der Waals surface area contributed by atoms with Crippen molar-refractivity contribution >= 4 is 27.9 Å². The second kappa shape index (κ2) is 8.65. The zero-order valence-electron chi connectivity index (χ0n) is 17.6. The number of benzene rings is 2. The molecular formula is C25H21FN4OS. The lowest BCUT2D eigenvalue weighted by atomic mass is 9.96. The Morgan fingerprint density at radius 1 is 1.16 bits per heavy atom. The molecule has 0 saturated carbocycles. The molecule has 0 bridgehead atoms. The van der Waals surface area contributed by atoms with Gasteiger partial charge in [0, 0.05) is 47.2 Å². The number of nitrogens with zero attached hydrogens (tertiary/aromatic N) is 4. The van der Waals surface area contributed by atoms with Crippen LogP contribution in [0.3, 0.4) is 0 Å². The van der Waals surface area contributed by atoms with Gasteiger partial charge in [-0.3, -0.25) is 0 Å². The van der Waals surface area contributed by atoms with Crippen molar-refractivity contribution in [1.29, 1.82) is 0 Å². The van der Waals surface area contributed by atoms with Gasteiger partial charge >= 0.3 is 0 Å². The fourth-order valence-corrected chi connectivity index (χ4v) is 4.71. The van der Waals surface area contributed by atoms with Crippen LogP contribution >= 0.6 is 11.3 Å². The predicted octanol–water partition coefficient (Wildman–Crippen LogP) is 4.86. The normalized spacial score (nSPS) is 15.0. The van der Waals surface area contributed by atoms with Crippen molar-refractivity contribution in [2.75, 3.05) is 31.2 Å². The molecule has 1 fully saturated rings. The zero-order valence-corrected chi connectivity index (χ0v) is 18.4. The van der Waals surface area contributed by atoms with Crippen LogP contribution in [0.2, 0.25) is 0 Å². The van der Waals surface area contributed by atoms with Crippen LogP contribution in [0.25, 0.3) is 22.2 Å². The Kier molecular flexibility index (Phi) is 5.56. The first-order valence-electron chi connectivity index (χ1n) is 10.4. The van der Waals surface area contributed by atoms with Crippen LogP contribution in [-0.2, 0) is 4.74 Å². The lowest BCUT2D eigenvalue weighted by molar-refractivity contribution is 0.122. The number of aromatic nitrogens is 3. The Morgan fingerprint density at radius 2 is 2.00 bits per heavy atom. The van der Waals surface area contributed by atoms with Crippen molar-refractivity contribution in [1.82, 2.24) is 15.0 Å². The minimum atomic E-state index is -0.347. The summed E-state index contributed by atoms with van der Waals surface area (Å²) in [5.41, 5.74) is 3.62. The quantitative estimate of drug-likeness (QED) is 0.421. The first kappa shape index (κ1) is 20.6. The van der Waals surface area contributed by atoms with E-state index in [1.807, 2.05) is 29.6 Å². The van der Waals surface area contributed by atoms with Gasteiger partial charge in [-0.2, -0.15) is 0 Å². The Morgan fingerprint density at radius 3 is 2.75 bits per heavy atom. The monoisotopic (exact) mass is 444 g/mol. The molecule has 0 radical (unpaired) electrons. The summed E-state index contributed by atoms with van der Waals surface area (Å²) in [7, 11) is 0. The van der Waals surface area contributed by atoms with Gasteiger partial charge in [-0.1, -0.05) is 13.0 Å². The van der Waals surface area contributed by atoms with Crippen LogP contribution in [0.15, 0.2) is 48.0 Å². The fraction of sp³-hybridized carbons (Fsp3) is 0.240. The van der Waals surface area contributed by atoms with Gasteiger partial charge in [0.2, 0.25) is 5.82 Å². The average Bonchev–Trinajstić information content (AvgIpc) is 3.38. The number of ether oxygens (including phenoxy) is 1. The molecule has 0 spiro atoms. The van der Waals surface area contributed by atoms with E-state index < -0.39 is 0 Å². The number of rotatable bonds is 4. The summed E-state index contributed by atoms with van der Waals surface area (Å²) in [6.07, 6.45) is 7.43. The molecule has 7 heteroatoms. The topological polar surface area (TPSA) is 51.1 Å². The van der Waals surface area contributed by atoms with E-state index in [9.17, 15) is 0 Å². The number of fused-ring (bicyclic) bond motifs is 1. The van der Waals surface area contributed by atoms with Crippen LogP contribution in [0.1, 0.15) is 29.2 Å². The molecule has 0 amide bonds. The maximum absolute atomic E-state index is 15.0. The van der Waals surface area contributed by atoms with Gasteiger partial charge in [0.05, 0.1) is 29.4 Å². The minimum Gasteiger partial charge on any atom is -0.378 e. The van der Waals surface area contributed by atoms with Gasteiger partial charge in [-0.05, 0) is 41.8 Å². The average molecular weight is 445 g/mol. The van der Waals surface area contributed by atoms with Crippen molar-refractivity contribution in [3.63, 3.8) is 0 Å². The minimum absolute atomic E-state index is 0.0440. The number of morpholine rings is 1. The number of halogens is 1. The Bertz CT molecular complexity index is 1310. The predicted molar refractivity (Wildman–Crippen MR) is 126 cm³/mol. The summed E-state index contributed by atoms with van der Waals surface area (Å²) in [5.74, 6) is 2.46. The van der Waals surface area contributed by atoms with E-state index in [0.29, 0.717) is 30.0 Å². The van der Waals surface area contributed by atoms with Crippen LogP contribution in [0.5, 0.6) is 0 Å². The standard InChI is InChI=1S/C25H21FN4OS/c1-3-23-28-22-15-18(30-9-11-31-12-10-30)5-6-19(22)24(29-23)20-14-17(4-7-21(20)26)16(2)25-27-8-13-32-25/h1,4-8,13-16H,9-12H2,2H3. The van der Waals surface area contributed by atoms with Crippen molar-refractivity contribution in [3.8, 4) is 23.6 Å². The highest BCUT2D eigenvalue weighted by molar-refractivity contribution is 7.09. The molecule has 160 valence electrons. The third-order valence-electron chi connectivity index (χ3n) is 5.75. The van der Waals surface area contributed by atoms with E-state index in [4.69, 9.17) is 11.2 Å². The number of terminal acetylenes is 1. The summed E-state index contributed by atoms with van der Waals surface area (Å²) in [4.78, 5) is 15.7. The second-order valence-electron chi connectivity index (χ2n) is 7.67. The summed E-state index contributed by atoms with van der Waals surface area (Å²) in [5, 5.41) is 3.69. The molecular weight excluding hydrogens is 423 g/mol. The lowest BCUT2D eigenvalue weighted by Gasteiger charge is -2.29. The van der Waals surface area contributed by atoms with Crippen LogP contribution < -0.4 is 4.90 Å². The van der Waals surface area contributed by atoms with Crippen LogP contribution in [0.4, 0.5) is 10.1 Å². The Labute approximate surface area is 189 Å². The SMILES string of the molecule is C#Cc1nc(-c2cc(C(C)c3nccs3)ccc2F)c2ccc(N3CCOCC3)cc2n1. The van der Waals surface area contributed by atoms with E-state index in [2.05, 4.69) is 32.7 Å². The molecule has 1 saturated heterocycles. The van der Waals surface area contributed by atoms with Gasteiger partial charge in [0.25, 0.3) is 0 Å². The highest BCUT2D eigenvalue weighted by Gasteiger charge is 2.19. The van der Waals surface area contributed by atoms with E-state index >= 15 is 4.39 Å². The van der Waals surface area contributed by atoms with Gasteiger partial charge in [0.1, 0.15) is 5.82 Å². The molecule has 3 heterocycles. The van der Waals surface area contributed by atoms with Gasteiger partial charge in [0.15, 0.2) is 0 Å². The van der Waals surface area contributed by atoms with Gasteiger partial charge < -0.3 is 9.64 Å². The summed E-state index contributed by atoms with van der Waals surface area (Å²) < 4.78 is 20.5. The van der Waals surface area contributed by atoms with E-state index in [0.717, 1.165) is 34.7 Å². The molecule has 1 aliphatic rings. The maximum atomic E-state index is 15.0. The summed E-state index contributed by atoms with van der Waals surface area (Å²) >= 11 is 1.58. The molecule has 32 heavy (non-hydrogen) atoms. The van der Waals surface area contributed by atoms with E-state index in [1.165, 1.54) is 6.07 Å². The van der Waals surface area contributed by atoms with E-state index in [1.54, 1.807) is 23.6 Å². The highest BCUT2D eigenvalue weighted by atomic mass is 32.1. The van der Waals surface area contributed by atoms with Crippen molar-refractivity contribution in [2.24, 2.45) is 0 Å². The number of hydrogen-bond donors (Lipinski definition) is 0. The van der Waals surface area contributed by atoms with Gasteiger partial charge in [-0.15, -0.1) is 17.8 Å². The number of anilines is 1. The summed E-state index contributed by atoms with van der Waals surface area (Å²) in [6, 6.07) is 11.1. The highest BCUT2D eigenvalue weighted by Crippen LogP contribution is 2.34. The molecule has 5 nitrogen and oxygen atoms in total. The van der Waals surface area contributed by atoms with Crippen molar-refractivity contribution < 1.29 is 9.13 Å². The molecule has 5 rings (SSSR count). The molecule has 2 aromatic heterocycles. The maximum Gasteiger partial charge on any atom is 0.205 e. The fourth-order valence-electron chi connectivity index (χ4n) is 3.99. The van der Waals surface area contributed by atoms with Crippen molar-refractivity contribution in [3.05, 3.63) is 70.2 Å².